The number of aliphatic carboxylic acids is 1. The molecule has 4 fully saturated rings. The summed E-state index contributed by atoms with van der Waals surface area (Å²) >= 11 is 0. The summed E-state index contributed by atoms with van der Waals surface area (Å²) in [4.78, 5) is 11.3. The van der Waals surface area contributed by atoms with Crippen LogP contribution in [0.3, 0.4) is 0 Å². The van der Waals surface area contributed by atoms with E-state index in [2.05, 4.69) is 13.5 Å². The number of carbonyl (C=O) groups excluding carboxylic acids is 1. The van der Waals surface area contributed by atoms with Gasteiger partial charge < -0.3 is 9.90 Å². The second-order valence-corrected chi connectivity index (χ2v) is 6.46. The molecule has 0 heterocycles. The van der Waals surface area contributed by atoms with Crippen LogP contribution in [0.1, 0.15) is 45.4 Å². The van der Waals surface area contributed by atoms with Gasteiger partial charge in [-0.25, -0.2) is 0 Å². The van der Waals surface area contributed by atoms with Crippen molar-refractivity contribution >= 4 is 5.97 Å². The molecule has 0 spiro atoms. The van der Waals surface area contributed by atoms with Gasteiger partial charge in [0, 0.05) is 5.41 Å². The van der Waals surface area contributed by atoms with E-state index in [4.69, 9.17) is 0 Å². The molecule has 0 saturated heterocycles. The highest BCUT2D eigenvalue weighted by molar-refractivity contribution is 5.85. The largest absolute Gasteiger partial charge is 0.545 e. The van der Waals surface area contributed by atoms with Crippen molar-refractivity contribution in [3.8, 4) is 0 Å². The molecule has 4 aliphatic carbocycles. The van der Waals surface area contributed by atoms with E-state index in [0.29, 0.717) is 17.4 Å². The highest BCUT2D eigenvalue weighted by Crippen LogP contribution is 2.65. The third-order valence-corrected chi connectivity index (χ3v) is 5.99. The van der Waals surface area contributed by atoms with E-state index in [1.807, 2.05) is 0 Å². The lowest BCUT2D eigenvalue weighted by molar-refractivity contribution is -0.302. The molecular formula is C15H21O2-. The Kier molecular flexibility index (Phi) is 2.39. The van der Waals surface area contributed by atoms with Crippen molar-refractivity contribution in [2.45, 2.75) is 45.4 Å². The fraction of sp³-hybridized carbons (Fsp3) is 0.800. The normalized spacial score (nSPS) is 47.1. The molecule has 17 heavy (non-hydrogen) atoms. The van der Waals surface area contributed by atoms with Gasteiger partial charge in [-0.3, -0.25) is 0 Å². The van der Waals surface area contributed by atoms with E-state index in [1.54, 1.807) is 0 Å². The van der Waals surface area contributed by atoms with Crippen molar-refractivity contribution in [1.29, 1.82) is 0 Å². The Morgan fingerprint density at radius 1 is 1.18 bits per heavy atom. The van der Waals surface area contributed by atoms with E-state index in [1.165, 1.54) is 32.1 Å². The Morgan fingerprint density at radius 3 is 2.00 bits per heavy atom. The summed E-state index contributed by atoms with van der Waals surface area (Å²) in [5.41, 5.74) is 0.264. The van der Waals surface area contributed by atoms with Crippen LogP contribution in [0.4, 0.5) is 0 Å². The molecule has 2 heteroatoms. The molecule has 0 aromatic rings. The van der Waals surface area contributed by atoms with Crippen LogP contribution in [0.5, 0.6) is 0 Å². The van der Waals surface area contributed by atoms with Gasteiger partial charge in [0.25, 0.3) is 0 Å². The summed E-state index contributed by atoms with van der Waals surface area (Å²) < 4.78 is 0. The van der Waals surface area contributed by atoms with Gasteiger partial charge in [0.15, 0.2) is 0 Å². The van der Waals surface area contributed by atoms with Gasteiger partial charge in [-0.15, -0.1) is 0 Å². The predicted molar refractivity (Wildman–Crippen MR) is 63.9 cm³/mol. The molecule has 4 bridgehead atoms. The molecule has 0 aromatic heterocycles. The molecule has 4 saturated carbocycles. The van der Waals surface area contributed by atoms with E-state index in [9.17, 15) is 9.90 Å². The quantitative estimate of drug-likeness (QED) is 0.701. The Labute approximate surface area is 103 Å². The number of hydrogen-bond acceptors (Lipinski definition) is 2. The van der Waals surface area contributed by atoms with Crippen LogP contribution in [0, 0.1) is 29.1 Å². The van der Waals surface area contributed by atoms with Crippen molar-refractivity contribution in [3.05, 3.63) is 12.2 Å². The van der Waals surface area contributed by atoms with Crippen molar-refractivity contribution in [3.63, 3.8) is 0 Å². The number of rotatable bonds is 3. The summed E-state index contributed by atoms with van der Waals surface area (Å²) in [5.74, 6) is 1.85. The Bertz CT molecular complexity index is 341. The van der Waals surface area contributed by atoms with Crippen LogP contribution < -0.4 is 5.11 Å². The molecular weight excluding hydrogens is 212 g/mol. The predicted octanol–water partition coefficient (Wildman–Crippen LogP) is 2.14. The summed E-state index contributed by atoms with van der Waals surface area (Å²) in [6.07, 6.45) is 7.24. The van der Waals surface area contributed by atoms with Gasteiger partial charge in [0.05, 0.1) is 5.97 Å². The zero-order valence-corrected chi connectivity index (χ0v) is 10.6. The second kappa shape index (κ2) is 3.60. The van der Waals surface area contributed by atoms with Crippen LogP contribution >= 0.6 is 0 Å². The Hall–Kier alpha value is -0.790. The van der Waals surface area contributed by atoms with Crippen LogP contribution in [-0.2, 0) is 4.79 Å². The molecule has 0 amide bonds. The number of hydrogen-bond donors (Lipinski definition) is 0. The lowest BCUT2D eigenvalue weighted by atomic mass is 9.43. The van der Waals surface area contributed by atoms with Gasteiger partial charge in [-0.1, -0.05) is 13.5 Å². The van der Waals surface area contributed by atoms with Crippen LogP contribution in [0.2, 0.25) is 0 Å². The zero-order valence-electron chi connectivity index (χ0n) is 10.6. The first-order valence-electron chi connectivity index (χ1n) is 6.98. The lowest BCUT2D eigenvalue weighted by Crippen LogP contribution is -2.55. The topological polar surface area (TPSA) is 40.1 Å². The molecule has 0 unspecified atom stereocenters. The minimum Gasteiger partial charge on any atom is -0.545 e. The van der Waals surface area contributed by atoms with Gasteiger partial charge in [-0.05, 0) is 67.8 Å². The fourth-order valence-corrected chi connectivity index (χ4v) is 5.50. The average Bonchev–Trinajstić information content (AvgIpc) is 2.28. The maximum atomic E-state index is 11.3. The van der Waals surface area contributed by atoms with E-state index >= 15 is 0 Å². The standard InChI is InChI=1S/C15H22O2/c1-3-15(9(2)14(16)17)12-5-10-4-11(7-12)8-13(15)6-10/h10-13H,2-8H2,1H3,(H,16,17)/p-1. The first kappa shape index (κ1) is 11.3. The smallest absolute Gasteiger partial charge is 0.0674 e. The first-order valence-corrected chi connectivity index (χ1v) is 6.98. The first-order chi connectivity index (χ1) is 8.07. The molecule has 4 aliphatic rings. The van der Waals surface area contributed by atoms with Gasteiger partial charge in [0.2, 0.25) is 0 Å². The van der Waals surface area contributed by atoms with Crippen molar-refractivity contribution in [2.75, 3.05) is 0 Å². The summed E-state index contributed by atoms with van der Waals surface area (Å²) in [6, 6.07) is 0. The number of carbonyl (C=O) groups is 1. The van der Waals surface area contributed by atoms with Gasteiger partial charge in [0.1, 0.15) is 0 Å². The molecule has 2 nitrogen and oxygen atoms in total. The van der Waals surface area contributed by atoms with E-state index in [-0.39, 0.29) is 5.41 Å². The average molecular weight is 233 g/mol. The fourth-order valence-electron chi connectivity index (χ4n) is 5.50. The van der Waals surface area contributed by atoms with E-state index in [0.717, 1.165) is 18.3 Å². The van der Waals surface area contributed by atoms with Crippen molar-refractivity contribution in [1.82, 2.24) is 0 Å². The van der Waals surface area contributed by atoms with E-state index < -0.39 is 5.97 Å². The highest BCUT2D eigenvalue weighted by atomic mass is 16.4. The third kappa shape index (κ3) is 1.36. The van der Waals surface area contributed by atoms with Gasteiger partial charge >= 0.3 is 0 Å². The molecule has 0 aromatic carbocycles. The van der Waals surface area contributed by atoms with Crippen molar-refractivity contribution < 1.29 is 9.90 Å². The van der Waals surface area contributed by atoms with Crippen molar-refractivity contribution in [2.24, 2.45) is 29.1 Å². The van der Waals surface area contributed by atoms with Crippen LogP contribution in [0.25, 0.3) is 0 Å². The summed E-state index contributed by atoms with van der Waals surface area (Å²) in [5, 5.41) is 11.3. The van der Waals surface area contributed by atoms with Crippen LogP contribution in [0.15, 0.2) is 12.2 Å². The maximum absolute atomic E-state index is 11.3. The molecule has 0 N–H and O–H groups in total. The highest BCUT2D eigenvalue weighted by Gasteiger charge is 2.57. The molecule has 0 radical (unpaired) electrons. The minimum atomic E-state index is -1.01. The molecule has 94 valence electrons. The second-order valence-electron chi connectivity index (χ2n) is 6.46. The maximum Gasteiger partial charge on any atom is 0.0674 e. The monoisotopic (exact) mass is 233 g/mol. The number of carboxylic acid groups (broad SMARTS) is 1. The summed E-state index contributed by atoms with van der Waals surface area (Å²) in [6.45, 7) is 6.02. The Balaban J connectivity index is 2.00. The molecule has 0 atom stereocenters. The third-order valence-electron chi connectivity index (χ3n) is 5.99. The Morgan fingerprint density at radius 2 is 1.65 bits per heavy atom. The minimum absolute atomic E-state index is 0.133. The zero-order chi connectivity index (χ0) is 12.2. The molecule has 0 aliphatic heterocycles. The number of carboxylic acids is 1. The molecule has 4 rings (SSSR count). The summed E-state index contributed by atoms with van der Waals surface area (Å²) in [7, 11) is 0. The van der Waals surface area contributed by atoms with Crippen LogP contribution in [-0.4, -0.2) is 5.97 Å². The van der Waals surface area contributed by atoms with Gasteiger partial charge in [-0.2, -0.15) is 0 Å². The lowest BCUT2D eigenvalue weighted by Gasteiger charge is -2.62. The SMILES string of the molecule is C=C(C(=O)[O-])C1(CC)C2CC3CC(C2)CC1C3.